The maximum Gasteiger partial charge on any atom is 0.329 e. The van der Waals surface area contributed by atoms with Gasteiger partial charge in [0.25, 0.3) is 11.7 Å². The SMILES string of the molecule is CO[C@H]1C[C@@H](C)C/C(C)=C/[C@@H](C/C=C/c2cc3ccccc3c3ccccc23)C(=O)C[C@H](O)[C@@H](C)[C@@H](/C(C)=C/[C@@H]2CC[C@@H](O)[C@H](C)C2)OC(=O)[C@@H]2CCCCN2C(=O)C(=O)[C@]2(O)O[C@H]1[C@@H](OC)C[C@H]2C. The number of Topliss-reactive ketones (excluding diaryl/α,β-unsaturated/α-hetero) is 2. The number of aliphatic hydroxyl groups excluding tert-OH is 2. The molecule has 12 nitrogen and oxygen atoms in total. The molecule has 4 aliphatic rings. The minimum atomic E-state index is -2.53. The number of amides is 1. The molecular weight excluding hydrogens is 887 g/mol. The Hall–Kier alpha value is -4.56. The van der Waals surface area contributed by atoms with Crippen LogP contribution in [-0.4, -0.2) is 113 Å². The van der Waals surface area contributed by atoms with Gasteiger partial charge in [-0.15, -0.1) is 0 Å². The Labute approximate surface area is 414 Å². The molecule has 0 spiro atoms. The number of carbonyl (C=O) groups excluding carboxylic acids is 4. The summed E-state index contributed by atoms with van der Waals surface area (Å²) in [5.41, 5.74) is 2.69. The van der Waals surface area contributed by atoms with Gasteiger partial charge in [-0.25, -0.2) is 4.79 Å². The number of piperidine rings is 1. The third-order valence-electron chi connectivity index (χ3n) is 16.0. The summed E-state index contributed by atoms with van der Waals surface area (Å²) in [6, 6.07) is 17.6. The first kappa shape index (κ1) is 53.2. The predicted octanol–water partition coefficient (Wildman–Crippen LogP) is 9.09. The molecule has 2 saturated heterocycles. The van der Waals surface area contributed by atoms with Gasteiger partial charge in [0.1, 0.15) is 24.0 Å². The molecule has 0 radical (unpaired) electrons. The molecule has 3 fully saturated rings. The molecule has 7 rings (SSSR count). The Balaban J connectivity index is 1.26. The largest absolute Gasteiger partial charge is 0.456 e. The van der Waals surface area contributed by atoms with Gasteiger partial charge >= 0.3 is 5.97 Å². The number of cyclic esters (lactones) is 1. The van der Waals surface area contributed by atoms with Gasteiger partial charge in [-0.05, 0) is 135 Å². The molecular formula is C58H77NO11. The fourth-order valence-corrected chi connectivity index (χ4v) is 11.8. The molecule has 3 heterocycles. The maximum absolute atomic E-state index is 14.7. The molecule has 14 atom stereocenters. The molecule has 0 aromatic heterocycles. The van der Waals surface area contributed by atoms with Crippen molar-refractivity contribution < 1.29 is 53.4 Å². The molecule has 1 amide bonds. The predicted molar refractivity (Wildman–Crippen MR) is 271 cm³/mol. The Morgan fingerprint density at radius 2 is 1.53 bits per heavy atom. The van der Waals surface area contributed by atoms with Gasteiger partial charge in [0.2, 0.25) is 5.79 Å². The lowest BCUT2D eigenvalue weighted by Crippen LogP contribution is -2.64. The second-order valence-electron chi connectivity index (χ2n) is 21.3. The number of nitrogens with zero attached hydrogens (tertiary/aromatic N) is 1. The summed E-state index contributed by atoms with van der Waals surface area (Å²) in [5, 5.41) is 39.4. The summed E-state index contributed by atoms with van der Waals surface area (Å²) in [6.45, 7) is 11.5. The number of aliphatic hydroxyl groups is 3. The Bertz CT molecular complexity index is 2440. The number of ether oxygens (including phenoxy) is 4. The first-order chi connectivity index (χ1) is 33.4. The Morgan fingerprint density at radius 3 is 2.24 bits per heavy atom. The number of rotatable bonds is 7. The first-order valence-corrected chi connectivity index (χ1v) is 25.8. The summed E-state index contributed by atoms with van der Waals surface area (Å²) >= 11 is 0. The molecule has 3 N–H and O–H groups in total. The lowest BCUT2D eigenvalue weighted by Gasteiger charge is -2.47. The Morgan fingerprint density at radius 1 is 0.843 bits per heavy atom. The van der Waals surface area contributed by atoms with Crippen LogP contribution in [0.25, 0.3) is 27.6 Å². The van der Waals surface area contributed by atoms with Crippen molar-refractivity contribution >= 4 is 51.1 Å². The number of hydrogen-bond donors (Lipinski definition) is 3. The smallest absolute Gasteiger partial charge is 0.329 e. The highest BCUT2D eigenvalue weighted by atomic mass is 16.7. The van der Waals surface area contributed by atoms with E-state index >= 15 is 0 Å². The van der Waals surface area contributed by atoms with Crippen LogP contribution in [-0.2, 0) is 38.1 Å². The van der Waals surface area contributed by atoms with E-state index in [1.807, 2.05) is 57.2 Å². The van der Waals surface area contributed by atoms with E-state index in [-0.39, 0.29) is 49.3 Å². The number of carbonyl (C=O) groups is 4. The quantitative estimate of drug-likeness (QED) is 0.0894. The molecule has 12 heteroatoms. The zero-order valence-electron chi connectivity index (χ0n) is 42.6. The minimum absolute atomic E-state index is 0.0229. The number of benzene rings is 3. The maximum atomic E-state index is 14.7. The van der Waals surface area contributed by atoms with E-state index in [1.54, 1.807) is 28.1 Å². The van der Waals surface area contributed by atoms with E-state index in [2.05, 4.69) is 49.4 Å². The van der Waals surface area contributed by atoms with Crippen LogP contribution in [0.15, 0.2) is 84.0 Å². The number of allylic oxidation sites excluding steroid dienone is 4. The van der Waals surface area contributed by atoms with Crippen molar-refractivity contribution in [3.05, 3.63) is 89.5 Å². The van der Waals surface area contributed by atoms with Crippen molar-refractivity contribution in [1.29, 1.82) is 0 Å². The van der Waals surface area contributed by atoms with Gasteiger partial charge in [0, 0.05) is 44.9 Å². The fourth-order valence-electron chi connectivity index (χ4n) is 11.8. The molecule has 1 saturated carbocycles. The van der Waals surface area contributed by atoms with Crippen molar-refractivity contribution in [2.45, 2.75) is 161 Å². The average Bonchev–Trinajstić information content (AvgIpc) is 3.35. The third-order valence-corrected chi connectivity index (χ3v) is 16.0. The lowest BCUT2D eigenvalue weighted by atomic mass is 9.78. The molecule has 380 valence electrons. The van der Waals surface area contributed by atoms with E-state index in [4.69, 9.17) is 18.9 Å². The Kier molecular flexibility index (Phi) is 17.7. The van der Waals surface area contributed by atoms with E-state index < -0.39 is 83.9 Å². The second kappa shape index (κ2) is 23.3. The molecule has 0 unspecified atom stereocenters. The monoisotopic (exact) mass is 964 g/mol. The van der Waals surface area contributed by atoms with Crippen molar-refractivity contribution in [3.63, 3.8) is 0 Å². The van der Waals surface area contributed by atoms with Crippen LogP contribution in [0, 0.1) is 35.5 Å². The van der Waals surface area contributed by atoms with Gasteiger partial charge < -0.3 is 39.2 Å². The van der Waals surface area contributed by atoms with Crippen LogP contribution in [0.4, 0.5) is 0 Å². The molecule has 1 aliphatic carbocycles. The highest BCUT2D eigenvalue weighted by Gasteiger charge is 2.56. The topological polar surface area (TPSA) is 169 Å². The van der Waals surface area contributed by atoms with Gasteiger partial charge in [-0.1, -0.05) is 106 Å². The fraction of sp³-hybridized carbons (Fsp3) is 0.586. The number of methoxy groups -OCH3 is 2. The van der Waals surface area contributed by atoms with Crippen molar-refractivity contribution in [2.75, 3.05) is 20.8 Å². The average molecular weight is 964 g/mol. The zero-order valence-corrected chi connectivity index (χ0v) is 42.6. The van der Waals surface area contributed by atoms with Crippen LogP contribution in [0.5, 0.6) is 0 Å². The van der Waals surface area contributed by atoms with E-state index in [1.165, 1.54) is 10.3 Å². The number of fused-ring (bicyclic) bond motifs is 6. The lowest BCUT2D eigenvalue weighted by molar-refractivity contribution is -0.302. The molecule has 2 bridgehead atoms. The van der Waals surface area contributed by atoms with E-state index in [0.717, 1.165) is 40.1 Å². The van der Waals surface area contributed by atoms with Crippen LogP contribution < -0.4 is 0 Å². The molecule has 3 aromatic rings. The van der Waals surface area contributed by atoms with Crippen molar-refractivity contribution in [3.8, 4) is 0 Å². The van der Waals surface area contributed by atoms with Crippen molar-refractivity contribution in [1.82, 2.24) is 4.90 Å². The number of ketones is 2. The summed E-state index contributed by atoms with van der Waals surface area (Å²) in [4.78, 5) is 59.4. The molecule has 3 aliphatic heterocycles. The summed E-state index contributed by atoms with van der Waals surface area (Å²) in [7, 11) is 3.09. The summed E-state index contributed by atoms with van der Waals surface area (Å²) in [5.74, 6) is -7.67. The van der Waals surface area contributed by atoms with Gasteiger partial charge in [0.05, 0.1) is 24.4 Å². The zero-order chi connectivity index (χ0) is 50.4. The third kappa shape index (κ3) is 11.9. The van der Waals surface area contributed by atoms with E-state index in [9.17, 15) is 34.5 Å². The van der Waals surface area contributed by atoms with Gasteiger partial charge in [-0.3, -0.25) is 14.4 Å². The number of esters is 1. The summed E-state index contributed by atoms with van der Waals surface area (Å²) < 4.78 is 24.7. The van der Waals surface area contributed by atoms with Crippen LogP contribution in [0.2, 0.25) is 0 Å². The molecule has 3 aromatic carbocycles. The number of hydrogen-bond acceptors (Lipinski definition) is 11. The summed E-state index contributed by atoms with van der Waals surface area (Å²) in [6.07, 6.45) is 8.30. The van der Waals surface area contributed by atoms with Crippen LogP contribution >= 0.6 is 0 Å². The normalized spacial score (nSPS) is 35.8. The van der Waals surface area contributed by atoms with Gasteiger partial charge in [-0.2, -0.15) is 0 Å². The second-order valence-corrected chi connectivity index (χ2v) is 21.3. The van der Waals surface area contributed by atoms with Crippen LogP contribution in [0.3, 0.4) is 0 Å². The molecule has 70 heavy (non-hydrogen) atoms. The van der Waals surface area contributed by atoms with E-state index in [0.29, 0.717) is 44.1 Å². The van der Waals surface area contributed by atoms with Crippen molar-refractivity contribution in [2.24, 2.45) is 35.5 Å². The standard InChI is InChI=1S/C58H77NO11/c1-34-26-35(2)28-51(67-7)54-52(68-8)31-38(5)58(66,70-54)55(63)56(64)59-25-14-13-22-47(59)57(65)69-53(37(4)30-40-23-24-48(60)36(3)29-40)39(6)49(61)33-50(62)43(27-34)18-15-17-42-32-41-16-9-10-19-44(41)46-21-12-11-20-45(42)46/h9-12,15-17,19-21,27,30,32,35-36,38-40,43,47-49,51-54,60-61,66H,13-14,18,22-26,28-29,31,33H2,1-8H3/b17-15+,34-27+,37-30+/t35-,36+,38+,39+,40+,43+,47-,48+,49-,51-,52-,53+,54+,58+/m0/s1. The minimum Gasteiger partial charge on any atom is -0.456 e. The first-order valence-electron chi connectivity index (χ1n) is 25.8. The van der Waals surface area contributed by atoms with Crippen LogP contribution in [0.1, 0.15) is 118 Å². The van der Waals surface area contributed by atoms with Gasteiger partial charge in [0.15, 0.2) is 0 Å². The highest BCUT2D eigenvalue weighted by molar-refractivity contribution is 6.39. The highest BCUT2D eigenvalue weighted by Crippen LogP contribution is 2.40.